The van der Waals surface area contributed by atoms with Crippen LogP contribution in [0.3, 0.4) is 0 Å². The standard InChI is InChI=1S/C10H14N2O.C5H6N2/c1-10(2,3)9(13)12-8-5-4-6-11-7-8;6-5-2-1-3-7-4-5/h4-7H,1-3H3,(H,12,13);1-4H,6H2. The molecule has 106 valence electrons. The monoisotopic (exact) mass is 272 g/mol. The van der Waals surface area contributed by atoms with E-state index in [1.807, 2.05) is 26.8 Å². The molecule has 3 N–H and O–H groups in total. The van der Waals surface area contributed by atoms with Crippen LogP contribution < -0.4 is 11.1 Å². The molecule has 2 heterocycles. The molecule has 2 rings (SSSR count). The van der Waals surface area contributed by atoms with Gasteiger partial charge in [0.15, 0.2) is 0 Å². The van der Waals surface area contributed by atoms with E-state index in [9.17, 15) is 4.79 Å². The van der Waals surface area contributed by atoms with Crippen molar-refractivity contribution in [3.8, 4) is 0 Å². The smallest absolute Gasteiger partial charge is 0.229 e. The van der Waals surface area contributed by atoms with E-state index in [0.717, 1.165) is 5.69 Å². The fourth-order valence-corrected chi connectivity index (χ4v) is 1.13. The minimum Gasteiger partial charge on any atom is -0.397 e. The predicted molar refractivity (Wildman–Crippen MR) is 81.0 cm³/mol. The van der Waals surface area contributed by atoms with E-state index in [1.165, 1.54) is 0 Å². The number of hydrogen-bond donors (Lipinski definition) is 2. The molecule has 0 bridgehead atoms. The van der Waals surface area contributed by atoms with E-state index >= 15 is 0 Å². The van der Waals surface area contributed by atoms with Crippen molar-refractivity contribution in [2.75, 3.05) is 11.1 Å². The van der Waals surface area contributed by atoms with Gasteiger partial charge in [-0.3, -0.25) is 14.8 Å². The van der Waals surface area contributed by atoms with Gasteiger partial charge in [-0.2, -0.15) is 0 Å². The first-order valence-electron chi connectivity index (χ1n) is 6.26. The molecule has 0 saturated carbocycles. The molecule has 0 unspecified atom stereocenters. The van der Waals surface area contributed by atoms with Crippen molar-refractivity contribution in [2.45, 2.75) is 20.8 Å². The maximum Gasteiger partial charge on any atom is 0.229 e. The van der Waals surface area contributed by atoms with Crippen LogP contribution in [0, 0.1) is 5.41 Å². The summed E-state index contributed by atoms with van der Waals surface area (Å²) < 4.78 is 0. The molecule has 1 amide bonds. The Kier molecular flexibility index (Phi) is 5.65. The van der Waals surface area contributed by atoms with Crippen molar-refractivity contribution in [3.63, 3.8) is 0 Å². The van der Waals surface area contributed by atoms with E-state index < -0.39 is 0 Å². The van der Waals surface area contributed by atoms with Crippen molar-refractivity contribution in [2.24, 2.45) is 5.41 Å². The zero-order valence-electron chi connectivity index (χ0n) is 12.0. The number of rotatable bonds is 1. The van der Waals surface area contributed by atoms with Crippen LogP contribution >= 0.6 is 0 Å². The molecule has 0 fully saturated rings. The average molecular weight is 272 g/mol. The molecule has 0 aliphatic rings. The minimum atomic E-state index is -0.365. The fourth-order valence-electron chi connectivity index (χ4n) is 1.13. The molecule has 0 radical (unpaired) electrons. The summed E-state index contributed by atoms with van der Waals surface area (Å²) in [5, 5.41) is 2.78. The van der Waals surface area contributed by atoms with E-state index in [2.05, 4.69) is 15.3 Å². The number of nitrogen functional groups attached to an aromatic ring is 1. The number of carbonyl (C=O) groups excluding carboxylic acids is 1. The van der Waals surface area contributed by atoms with E-state index in [1.54, 1.807) is 43.0 Å². The van der Waals surface area contributed by atoms with Crippen molar-refractivity contribution in [3.05, 3.63) is 49.1 Å². The fraction of sp³-hybridized carbons (Fsp3) is 0.267. The first-order valence-corrected chi connectivity index (χ1v) is 6.26. The molecular formula is C15H20N4O. The highest BCUT2D eigenvalue weighted by atomic mass is 16.2. The lowest BCUT2D eigenvalue weighted by Crippen LogP contribution is -2.27. The van der Waals surface area contributed by atoms with Crippen molar-refractivity contribution in [1.29, 1.82) is 0 Å². The van der Waals surface area contributed by atoms with Gasteiger partial charge in [-0.1, -0.05) is 20.8 Å². The van der Waals surface area contributed by atoms with Gasteiger partial charge in [0.25, 0.3) is 0 Å². The number of amides is 1. The summed E-state index contributed by atoms with van der Waals surface area (Å²) in [4.78, 5) is 19.2. The molecule has 5 heteroatoms. The first kappa shape index (κ1) is 15.6. The number of hydrogen-bond acceptors (Lipinski definition) is 4. The van der Waals surface area contributed by atoms with Gasteiger partial charge in [0.1, 0.15) is 0 Å². The largest absolute Gasteiger partial charge is 0.397 e. The Balaban J connectivity index is 0.000000240. The van der Waals surface area contributed by atoms with Crippen molar-refractivity contribution < 1.29 is 4.79 Å². The van der Waals surface area contributed by atoms with Crippen LogP contribution in [0.1, 0.15) is 20.8 Å². The van der Waals surface area contributed by atoms with Gasteiger partial charge in [-0.25, -0.2) is 0 Å². The molecule has 0 spiro atoms. The topological polar surface area (TPSA) is 80.9 Å². The zero-order valence-corrected chi connectivity index (χ0v) is 12.0. The summed E-state index contributed by atoms with van der Waals surface area (Å²) in [6, 6.07) is 7.21. The van der Waals surface area contributed by atoms with Gasteiger partial charge < -0.3 is 11.1 Å². The normalized spacial score (nSPS) is 10.2. The second-order valence-electron chi connectivity index (χ2n) is 5.23. The number of pyridine rings is 2. The lowest BCUT2D eigenvalue weighted by atomic mass is 9.96. The maximum atomic E-state index is 11.5. The highest BCUT2D eigenvalue weighted by Crippen LogP contribution is 2.16. The lowest BCUT2D eigenvalue weighted by Gasteiger charge is -2.17. The van der Waals surface area contributed by atoms with Crippen LogP contribution in [-0.4, -0.2) is 15.9 Å². The van der Waals surface area contributed by atoms with Crippen LogP contribution in [0.2, 0.25) is 0 Å². The number of nitrogens with one attached hydrogen (secondary N) is 1. The Morgan fingerprint density at radius 1 is 1.10 bits per heavy atom. The Morgan fingerprint density at radius 2 is 1.70 bits per heavy atom. The number of carbonyl (C=O) groups is 1. The van der Waals surface area contributed by atoms with Crippen molar-refractivity contribution in [1.82, 2.24) is 9.97 Å². The molecule has 2 aromatic rings. The Hall–Kier alpha value is -2.43. The first-order chi connectivity index (χ1) is 9.39. The summed E-state index contributed by atoms with van der Waals surface area (Å²) in [6.07, 6.45) is 6.60. The third-order valence-electron chi connectivity index (χ3n) is 2.29. The van der Waals surface area contributed by atoms with Gasteiger partial charge in [-0.05, 0) is 24.3 Å². The zero-order chi connectivity index (χ0) is 15.0. The minimum absolute atomic E-state index is 0.000463. The van der Waals surface area contributed by atoms with Gasteiger partial charge in [0.2, 0.25) is 5.91 Å². The van der Waals surface area contributed by atoms with Gasteiger partial charge >= 0.3 is 0 Å². The SMILES string of the molecule is CC(C)(C)C(=O)Nc1cccnc1.Nc1cccnc1. The summed E-state index contributed by atoms with van der Waals surface area (Å²) in [5.74, 6) is 0.000463. The van der Waals surface area contributed by atoms with E-state index in [4.69, 9.17) is 5.73 Å². The van der Waals surface area contributed by atoms with Crippen LogP contribution in [0.15, 0.2) is 49.1 Å². The van der Waals surface area contributed by atoms with Crippen LogP contribution in [-0.2, 0) is 4.79 Å². The summed E-state index contributed by atoms with van der Waals surface area (Å²) in [5.41, 5.74) is 6.38. The number of nitrogens with two attached hydrogens (primary N) is 1. The average Bonchev–Trinajstić information content (AvgIpc) is 2.40. The molecule has 5 nitrogen and oxygen atoms in total. The molecule has 20 heavy (non-hydrogen) atoms. The lowest BCUT2D eigenvalue weighted by molar-refractivity contribution is -0.123. The molecule has 0 aliphatic carbocycles. The summed E-state index contributed by atoms with van der Waals surface area (Å²) in [7, 11) is 0. The summed E-state index contributed by atoms with van der Waals surface area (Å²) in [6.45, 7) is 5.62. The molecular weight excluding hydrogens is 252 g/mol. The van der Waals surface area contributed by atoms with Crippen LogP contribution in [0.25, 0.3) is 0 Å². The second kappa shape index (κ2) is 7.23. The third kappa shape index (κ3) is 5.95. The molecule has 0 aromatic carbocycles. The van der Waals surface area contributed by atoms with Crippen molar-refractivity contribution >= 4 is 17.3 Å². The highest BCUT2D eigenvalue weighted by Gasteiger charge is 2.20. The Labute approximate surface area is 119 Å². The van der Waals surface area contributed by atoms with Gasteiger partial charge in [-0.15, -0.1) is 0 Å². The summed E-state index contributed by atoms with van der Waals surface area (Å²) >= 11 is 0. The maximum absolute atomic E-state index is 11.5. The second-order valence-corrected chi connectivity index (χ2v) is 5.23. The number of anilines is 2. The number of aromatic nitrogens is 2. The molecule has 0 aliphatic heterocycles. The third-order valence-corrected chi connectivity index (χ3v) is 2.29. The van der Waals surface area contributed by atoms with E-state index in [-0.39, 0.29) is 11.3 Å². The van der Waals surface area contributed by atoms with E-state index in [0.29, 0.717) is 5.69 Å². The molecule has 2 aromatic heterocycles. The Bertz CT molecular complexity index is 521. The van der Waals surface area contributed by atoms with Gasteiger partial charge in [0.05, 0.1) is 17.6 Å². The molecule has 0 atom stereocenters. The highest BCUT2D eigenvalue weighted by molar-refractivity contribution is 5.94. The van der Waals surface area contributed by atoms with Crippen LogP contribution in [0.5, 0.6) is 0 Å². The van der Waals surface area contributed by atoms with Crippen LogP contribution in [0.4, 0.5) is 11.4 Å². The quantitative estimate of drug-likeness (QED) is 0.836. The Morgan fingerprint density at radius 3 is 2.05 bits per heavy atom. The van der Waals surface area contributed by atoms with Gasteiger partial charge in [0, 0.05) is 24.0 Å². The molecule has 0 saturated heterocycles. The number of nitrogens with zero attached hydrogens (tertiary/aromatic N) is 2. The predicted octanol–water partition coefficient (Wildman–Crippen LogP) is 2.73.